The molecular weight excluding hydrogens is 688 g/mol. The maximum absolute atomic E-state index is 13.2. The van der Waals surface area contributed by atoms with E-state index in [2.05, 4.69) is 20.1 Å². The van der Waals surface area contributed by atoms with Crippen LogP contribution in [0.5, 0.6) is 11.5 Å². The van der Waals surface area contributed by atoms with Gasteiger partial charge in [-0.15, -0.1) is 0 Å². The number of rotatable bonds is 19. The summed E-state index contributed by atoms with van der Waals surface area (Å²) in [6, 6.07) is 22.3. The standard InChI is InChI=1S/C44H48O10/c1-4-30-27-39(19-20-40(30)54-44(48)36-14-12-34-29-38(18-16-32(34)26-36)50-23-24-52-42(46)6-3)53-43(47)35-13-11-33-28-37(17-15-31(33)25-35)49-21-9-7-8-10-22-51-41(45)5-2/h5-6,11-18,25-26,28-30,39-40H,2-4,7-10,19-24,27H2,1H3/t30-,39-,40?/m0/s1. The van der Waals surface area contributed by atoms with Gasteiger partial charge in [-0.05, 0) is 127 Å². The number of ether oxygens (including phenoxy) is 6. The summed E-state index contributed by atoms with van der Waals surface area (Å²) in [7, 11) is 0. The minimum absolute atomic E-state index is 0.0588. The summed E-state index contributed by atoms with van der Waals surface area (Å²) in [5.41, 5.74) is 0.948. The van der Waals surface area contributed by atoms with E-state index >= 15 is 0 Å². The molecule has 1 unspecified atom stereocenters. The smallest absolute Gasteiger partial charge is 0.338 e. The summed E-state index contributed by atoms with van der Waals surface area (Å²) < 4.78 is 33.5. The van der Waals surface area contributed by atoms with Crippen LogP contribution in [0, 0.1) is 5.92 Å². The molecule has 54 heavy (non-hydrogen) atoms. The monoisotopic (exact) mass is 736 g/mol. The van der Waals surface area contributed by atoms with Crippen LogP contribution in [-0.2, 0) is 28.5 Å². The van der Waals surface area contributed by atoms with E-state index in [1.807, 2.05) is 48.5 Å². The third kappa shape index (κ3) is 11.4. The lowest BCUT2D eigenvalue weighted by molar-refractivity contribution is -0.139. The van der Waals surface area contributed by atoms with Gasteiger partial charge in [-0.1, -0.05) is 44.3 Å². The average Bonchev–Trinajstić information content (AvgIpc) is 3.20. The molecular formula is C44H48O10. The maximum Gasteiger partial charge on any atom is 0.338 e. The Bertz CT molecular complexity index is 1950. The van der Waals surface area contributed by atoms with Crippen molar-refractivity contribution in [3.8, 4) is 11.5 Å². The number of hydrogen-bond donors (Lipinski definition) is 0. The number of esters is 4. The molecule has 0 N–H and O–H groups in total. The van der Waals surface area contributed by atoms with Crippen molar-refractivity contribution >= 4 is 45.4 Å². The Morgan fingerprint density at radius 1 is 0.611 bits per heavy atom. The molecule has 0 bridgehead atoms. The highest BCUT2D eigenvalue weighted by atomic mass is 16.6. The molecule has 0 aromatic heterocycles. The minimum Gasteiger partial charge on any atom is -0.494 e. The molecule has 10 nitrogen and oxygen atoms in total. The van der Waals surface area contributed by atoms with Crippen molar-refractivity contribution < 1.29 is 47.6 Å². The fraction of sp³-hybridized carbons (Fsp3) is 0.364. The van der Waals surface area contributed by atoms with Gasteiger partial charge in [0.15, 0.2) is 0 Å². The highest BCUT2D eigenvalue weighted by Gasteiger charge is 2.34. The number of hydrogen-bond acceptors (Lipinski definition) is 10. The topological polar surface area (TPSA) is 124 Å². The van der Waals surface area contributed by atoms with Crippen LogP contribution in [0.3, 0.4) is 0 Å². The van der Waals surface area contributed by atoms with Crippen LogP contribution >= 0.6 is 0 Å². The van der Waals surface area contributed by atoms with Crippen molar-refractivity contribution in [1.29, 1.82) is 0 Å². The van der Waals surface area contributed by atoms with Crippen LogP contribution in [0.4, 0.5) is 0 Å². The zero-order chi connectivity index (χ0) is 38.3. The number of carbonyl (C=O) groups is 4. The van der Waals surface area contributed by atoms with Gasteiger partial charge < -0.3 is 28.4 Å². The van der Waals surface area contributed by atoms with Gasteiger partial charge in [-0.2, -0.15) is 0 Å². The molecule has 4 aromatic rings. The van der Waals surface area contributed by atoms with Crippen LogP contribution in [0.15, 0.2) is 98.1 Å². The van der Waals surface area contributed by atoms with Crippen LogP contribution in [-0.4, -0.2) is 62.5 Å². The van der Waals surface area contributed by atoms with E-state index in [4.69, 9.17) is 28.4 Å². The summed E-state index contributed by atoms with van der Waals surface area (Å²) >= 11 is 0. The predicted octanol–water partition coefficient (Wildman–Crippen LogP) is 8.73. The summed E-state index contributed by atoms with van der Waals surface area (Å²) in [6.07, 6.45) is 7.97. The molecule has 0 amide bonds. The number of carbonyl (C=O) groups excluding carboxylic acids is 4. The summed E-state index contributed by atoms with van der Waals surface area (Å²) in [5.74, 6) is -0.192. The Balaban J connectivity index is 1.06. The molecule has 284 valence electrons. The molecule has 1 saturated carbocycles. The Hall–Kier alpha value is -5.64. The molecule has 3 atom stereocenters. The molecule has 0 saturated heterocycles. The number of benzene rings is 4. The first kappa shape index (κ1) is 39.6. The second-order valence-electron chi connectivity index (χ2n) is 13.3. The van der Waals surface area contributed by atoms with Crippen LogP contribution in [0.2, 0.25) is 0 Å². The van der Waals surface area contributed by atoms with Gasteiger partial charge in [-0.3, -0.25) is 0 Å². The van der Waals surface area contributed by atoms with E-state index in [0.29, 0.717) is 49.4 Å². The summed E-state index contributed by atoms with van der Waals surface area (Å²) in [5, 5.41) is 3.64. The van der Waals surface area contributed by atoms with E-state index in [-0.39, 0.29) is 43.3 Å². The largest absolute Gasteiger partial charge is 0.494 e. The molecule has 0 spiro atoms. The van der Waals surface area contributed by atoms with E-state index in [9.17, 15) is 19.2 Å². The third-order valence-electron chi connectivity index (χ3n) is 9.50. The van der Waals surface area contributed by atoms with Gasteiger partial charge in [0.05, 0.1) is 24.3 Å². The maximum atomic E-state index is 13.2. The second-order valence-corrected chi connectivity index (χ2v) is 13.3. The zero-order valence-electron chi connectivity index (χ0n) is 30.8. The van der Waals surface area contributed by atoms with Gasteiger partial charge in [0.1, 0.15) is 36.9 Å². The summed E-state index contributed by atoms with van der Waals surface area (Å²) in [6.45, 7) is 10.1. The van der Waals surface area contributed by atoms with Gasteiger partial charge in [0.25, 0.3) is 0 Å². The van der Waals surface area contributed by atoms with Crippen molar-refractivity contribution in [2.75, 3.05) is 26.4 Å². The fourth-order valence-corrected chi connectivity index (χ4v) is 6.53. The molecule has 1 aliphatic carbocycles. The van der Waals surface area contributed by atoms with Crippen LogP contribution in [0.25, 0.3) is 21.5 Å². The van der Waals surface area contributed by atoms with Gasteiger partial charge in [0.2, 0.25) is 0 Å². The fourth-order valence-electron chi connectivity index (χ4n) is 6.53. The Labute approximate surface area is 316 Å². The van der Waals surface area contributed by atoms with Gasteiger partial charge in [0, 0.05) is 12.2 Å². The Kier molecular flexibility index (Phi) is 14.6. The van der Waals surface area contributed by atoms with Gasteiger partial charge >= 0.3 is 23.9 Å². The third-order valence-corrected chi connectivity index (χ3v) is 9.50. The van der Waals surface area contributed by atoms with Gasteiger partial charge in [-0.25, -0.2) is 19.2 Å². The molecule has 0 radical (unpaired) electrons. The number of unbranched alkanes of at least 4 members (excludes halogenated alkanes) is 3. The van der Waals surface area contributed by atoms with E-state index < -0.39 is 11.9 Å². The second kappa shape index (κ2) is 20.0. The van der Waals surface area contributed by atoms with Crippen LogP contribution < -0.4 is 9.47 Å². The molecule has 0 heterocycles. The molecule has 4 aromatic carbocycles. The van der Waals surface area contributed by atoms with E-state index in [0.717, 1.165) is 65.5 Å². The molecule has 5 rings (SSSR count). The average molecular weight is 737 g/mol. The highest BCUT2D eigenvalue weighted by molar-refractivity contribution is 5.97. The first-order valence-corrected chi connectivity index (χ1v) is 18.6. The first-order chi connectivity index (χ1) is 26.3. The summed E-state index contributed by atoms with van der Waals surface area (Å²) in [4.78, 5) is 48.7. The lowest BCUT2D eigenvalue weighted by Crippen LogP contribution is -2.37. The van der Waals surface area contributed by atoms with Crippen LogP contribution in [0.1, 0.15) is 79.0 Å². The quantitative estimate of drug-likeness (QED) is 0.0400. The normalized spacial score (nSPS) is 16.6. The predicted molar refractivity (Wildman–Crippen MR) is 206 cm³/mol. The Morgan fingerprint density at radius 3 is 1.72 bits per heavy atom. The minimum atomic E-state index is -0.499. The van der Waals surface area contributed by atoms with Crippen molar-refractivity contribution in [2.45, 2.75) is 70.5 Å². The molecule has 1 aliphatic rings. The zero-order valence-corrected chi connectivity index (χ0v) is 30.8. The Morgan fingerprint density at radius 2 is 1.13 bits per heavy atom. The van der Waals surface area contributed by atoms with Crippen molar-refractivity contribution in [2.24, 2.45) is 5.92 Å². The lowest BCUT2D eigenvalue weighted by atomic mass is 9.83. The van der Waals surface area contributed by atoms with Crippen molar-refractivity contribution in [3.63, 3.8) is 0 Å². The lowest BCUT2D eigenvalue weighted by Gasteiger charge is -2.35. The SMILES string of the molecule is C=CC(=O)OCCCCCCOc1ccc2cc(C(=O)O[C@H]3CCC(OC(=O)c4ccc5cc(OCCOC(=O)C=C)ccc5c4)[C@@H](CC)C3)ccc2c1. The van der Waals surface area contributed by atoms with Crippen molar-refractivity contribution in [3.05, 3.63) is 109 Å². The van der Waals surface area contributed by atoms with E-state index in [1.165, 1.54) is 6.08 Å². The first-order valence-electron chi connectivity index (χ1n) is 18.6. The highest BCUT2D eigenvalue weighted by Crippen LogP contribution is 2.33. The molecule has 1 fully saturated rings. The molecule has 10 heteroatoms. The van der Waals surface area contributed by atoms with Crippen molar-refractivity contribution in [1.82, 2.24) is 0 Å². The van der Waals surface area contributed by atoms with E-state index in [1.54, 1.807) is 24.3 Å². The molecule has 0 aliphatic heterocycles. The number of fused-ring (bicyclic) bond motifs is 2.